The SMILES string of the molecule is CCCCCCCCCCCCC/C=C/[C@@H](O)[C@H](CO[C@@H]1OC(CO)[C@@H](O[C@@H]2OC(CO)[C@H](O)[C@H](O[C@@H]3OC(CO)[C@@H](O[C@@H]4OC(CO)[C@H](O)[C@H](O[C@@H]5OC(CO)[C@@H](O[C@@H]6OC(CO)[C@H](O)[C@H](O[C@@H]7OC(CO)[C@@H](O)[C@H](O)C7NC(C)=O)C6O)[C@H](O)C5NC(C)=O)C4O)[C@H](O)C3NC(C)=O)C2O)[C@H](O)C1O)NC(=O)CCCCCCCCCCCCCCCCCCCCCCC. The first-order chi connectivity index (χ1) is 63.4. The fraction of sp³-hybridized carbons (Fsp3) is 0.933. The third kappa shape index (κ3) is 35.2. The van der Waals surface area contributed by atoms with Crippen LogP contribution in [0, 0.1) is 0 Å². The Morgan fingerprint density at radius 2 is 0.561 bits per heavy atom. The highest BCUT2D eigenvalue weighted by atomic mass is 16.8. The van der Waals surface area contributed by atoms with Crippen molar-refractivity contribution in [2.45, 2.75) is 480 Å². The zero-order chi connectivity index (χ0) is 96.5. The maximum absolute atomic E-state index is 13.6. The van der Waals surface area contributed by atoms with Gasteiger partial charge >= 0.3 is 0 Å². The van der Waals surface area contributed by atoms with Crippen molar-refractivity contribution in [2.24, 2.45) is 0 Å². The first-order valence-corrected chi connectivity index (χ1v) is 48.5. The number of amides is 4. The summed E-state index contributed by atoms with van der Waals surface area (Å²) in [4.78, 5) is 51.9. The summed E-state index contributed by atoms with van der Waals surface area (Å²) in [6.45, 7) is -0.198. The van der Waals surface area contributed by atoms with Gasteiger partial charge in [0, 0.05) is 27.2 Å². The molecule has 42 nitrogen and oxygen atoms in total. The zero-order valence-corrected chi connectivity index (χ0v) is 77.5. The predicted octanol–water partition coefficient (Wildman–Crippen LogP) is -2.12. The molecule has 7 aliphatic rings. The van der Waals surface area contributed by atoms with Crippen molar-refractivity contribution in [1.82, 2.24) is 21.3 Å². The van der Waals surface area contributed by atoms with Gasteiger partial charge in [-0.25, -0.2) is 0 Å². The number of ether oxygens (including phenoxy) is 14. The minimum absolute atomic E-state index is 0.163. The predicted molar refractivity (Wildman–Crippen MR) is 466 cm³/mol. The molecule has 7 fully saturated rings. The normalized spacial score (nSPS) is 36.8. The lowest BCUT2D eigenvalue weighted by Gasteiger charge is -2.51. The van der Waals surface area contributed by atoms with Crippen LogP contribution < -0.4 is 21.3 Å². The van der Waals surface area contributed by atoms with Gasteiger partial charge < -0.3 is 190 Å². The summed E-state index contributed by atoms with van der Waals surface area (Å²) in [5.74, 6) is -2.91. The number of nitrogens with one attached hydrogen (secondary N) is 4. The lowest BCUT2D eigenvalue weighted by atomic mass is 9.93. The maximum Gasteiger partial charge on any atom is 0.220 e. The summed E-state index contributed by atoms with van der Waals surface area (Å²) in [5.41, 5.74) is 0. The molecule has 7 saturated heterocycles. The molecule has 37 atom stereocenters. The van der Waals surface area contributed by atoms with Crippen LogP contribution in [0.25, 0.3) is 0 Å². The highest BCUT2D eigenvalue weighted by molar-refractivity contribution is 5.76. The van der Waals surface area contributed by atoms with Gasteiger partial charge in [0.25, 0.3) is 0 Å². The second-order valence-corrected chi connectivity index (χ2v) is 36.3. The van der Waals surface area contributed by atoms with Crippen LogP contribution in [0.1, 0.15) is 253 Å². The van der Waals surface area contributed by atoms with E-state index in [-0.39, 0.29) is 12.3 Å². The molecule has 0 aromatic heterocycles. The Morgan fingerprint density at radius 3 is 0.879 bits per heavy atom. The number of hydrogen-bond donors (Lipinski definition) is 24. The van der Waals surface area contributed by atoms with E-state index in [2.05, 4.69) is 35.1 Å². The Kier molecular flexibility index (Phi) is 53.9. The number of aliphatic hydroxyl groups is 20. The maximum atomic E-state index is 13.6. The van der Waals surface area contributed by atoms with Crippen molar-refractivity contribution < 1.29 is 188 Å². The van der Waals surface area contributed by atoms with Crippen LogP contribution in [0.15, 0.2) is 12.2 Å². The van der Waals surface area contributed by atoms with E-state index in [0.717, 1.165) is 72.1 Å². The van der Waals surface area contributed by atoms with Crippen molar-refractivity contribution in [1.29, 1.82) is 0 Å². The molecule has 0 radical (unpaired) electrons. The molecule has 0 bridgehead atoms. The number of hydrogen-bond acceptors (Lipinski definition) is 38. The summed E-state index contributed by atoms with van der Waals surface area (Å²) in [6, 6.07) is -6.46. The van der Waals surface area contributed by atoms with Crippen LogP contribution >= 0.6 is 0 Å². The van der Waals surface area contributed by atoms with Gasteiger partial charge in [0.2, 0.25) is 23.6 Å². The lowest BCUT2D eigenvalue weighted by molar-refractivity contribution is -0.388. The van der Waals surface area contributed by atoms with E-state index in [0.29, 0.717) is 12.8 Å². The van der Waals surface area contributed by atoms with Gasteiger partial charge in [-0.1, -0.05) is 219 Å². The Balaban J connectivity index is 0.967. The van der Waals surface area contributed by atoms with E-state index < -0.39 is 297 Å². The lowest BCUT2D eigenvalue weighted by Crippen LogP contribution is -2.71. The van der Waals surface area contributed by atoms with Gasteiger partial charge in [0.05, 0.1) is 65.0 Å². The second-order valence-electron chi connectivity index (χ2n) is 36.3. The molecule has 7 aliphatic heterocycles. The molecular formula is C90H162N4O38. The molecule has 42 heteroatoms. The number of aliphatic hydroxyl groups excluding tert-OH is 20. The minimum Gasteiger partial charge on any atom is -0.394 e. The first kappa shape index (κ1) is 115. The van der Waals surface area contributed by atoms with Crippen molar-refractivity contribution in [3.63, 3.8) is 0 Å². The largest absolute Gasteiger partial charge is 0.394 e. The zero-order valence-electron chi connectivity index (χ0n) is 77.5. The van der Waals surface area contributed by atoms with E-state index >= 15 is 0 Å². The number of carbonyl (C=O) groups is 4. The van der Waals surface area contributed by atoms with Crippen LogP contribution in [0.5, 0.6) is 0 Å². The van der Waals surface area contributed by atoms with Crippen molar-refractivity contribution in [3.05, 3.63) is 12.2 Å². The van der Waals surface area contributed by atoms with Crippen LogP contribution in [0.4, 0.5) is 0 Å². The fourth-order valence-electron chi connectivity index (χ4n) is 18.0. The third-order valence-electron chi connectivity index (χ3n) is 25.7. The molecule has 14 unspecified atom stereocenters. The van der Waals surface area contributed by atoms with Crippen molar-refractivity contribution in [2.75, 3.05) is 52.9 Å². The molecule has 7 heterocycles. The van der Waals surface area contributed by atoms with E-state index in [9.17, 15) is 121 Å². The molecule has 132 heavy (non-hydrogen) atoms. The summed E-state index contributed by atoms with van der Waals surface area (Å²) in [7, 11) is 0. The highest BCUT2D eigenvalue weighted by Crippen LogP contribution is 2.39. The first-order valence-electron chi connectivity index (χ1n) is 48.5. The monoisotopic (exact) mass is 1910 g/mol. The van der Waals surface area contributed by atoms with Gasteiger partial charge in [-0.2, -0.15) is 0 Å². The smallest absolute Gasteiger partial charge is 0.220 e. The molecular weight excluding hydrogens is 1740 g/mol. The fourth-order valence-corrected chi connectivity index (χ4v) is 18.0. The summed E-state index contributed by atoms with van der Waals surface area (Å²) in [6.07, 6.45) is -21.6. The van der Waals surface area contributed by atoms with Crippen LogP contribution in [0.3, 0.4) is 0 Å². The summed E-state index contributed by atoms with van der Waals surface area (Å²) in [5, 5.41) is 236. The number of carbonyl (C=O) groups excluding carboxylic acids is 4. The molecule has 0 aromatic rings. The van der Waals surface area contributed by atoms with Crippen molar-refractivity contribution >= 4 is 23.6 Å². The van der Waals surface area contributed by atoms with Gasteiger partial charge in [-0.3, -0.25) is 19.2 Å². The summed E-state index contributed by atoms with van der Waals surface area (Å²) < 4.78 is 83.3. The van der Waals surface area contributed by atoms with Gasteiger partial charge in [-0.15, -0.1) is 0 Å². The topological polar surface area (TPSA) is 650 Å². The Hall–Kier alpha value is -3.74. The third-order valence-corrected chi connectivity index (χ3v) is 25.7. The molecule has 0 saturated carbocycles. The molecule has 0 aliphatic carbocycles. The van der Waals surface area contributed by atoms with E-state index in [1.165, 1.54) is 148 Å². The van der Waals surface area contributed by atoms with Gasteiger partial charge in [0.1, 0.15) is 171 Å². The van der Waals surface area contributed by atoms with Gasteiger partial charge in [-0.05, 0) is 19.3 Å². The van der Waals surface area contributed by atoms with Gasteiger partial charge in [0.15, 0.2) is 44.0 Å². The van der Waals surface area contributed by atoms with E-state index in [1.807, 2.05) is 6.08 Å². The molecule has 24 N–H and O–H groups in total. The second kappa shape index (κ2) is 61.7. The van der Waals surface area contributed by atoms with Crippen LogP contribution in [-0.4, -0.2) is 406 Å². The Bertz CT molecular complexity index is 3170. The molecule has 0 aromatic carbocycles. The average molecular weight is 1910 g/mol. The van der Waals surface area contributed by atoms with E-state index in [1.54, 1.807) is 6.08 Å². The standard InChI is InChI=1S/C90H162N4O38/c1-6-8-10-12-14-16-18-20-21-22-23-24-25-26-27-29-31-33-35-37-39-41-62(106)94-53(54(105)40-38-36-34-32-30-28-19-17-15-13-11-9-7-2)49-119-87-74(115)73(114)80(61(48-101)126-87)129-90-77(118)83(69(110)58(45-98)123-90)132-86-65(93-52(5)104)72(113)79(60(47-100)125-86)128-89-76(117)82(68(109)57(44-97)122-89)131-85-64(92-51(4)103)71(112)78(59(46-99)124-85)127-88-75(116)81(67(108)56(43-96)121-88)130-84-63(91-50(3)102)70(111)66(107)55(42-95)120-84/h38,40,53-61,63-90,95-101,105,107-118H,6-37,39,41-49H2,1-5H3,(H,91,102)(H,92,103)(H,93,104)(H,94,106)/b40-38+/t53-,54+,55?,56?,57?,58?,59?,60?,61?,63?,64?,65?,66+,67-,68-,69-,70+,71+,72+,73+,74?,75?,76?,77?,78+,79+,80+,81-,82-,83-,84-,85-,86-,87+,88-,89-,90-/m0/s1. The molecule has 4 amide bonds. The van der Waals surface area contributed by atoms with Crippen molar-refractivity contribution in [3.8, 4) is 0 Å². The number of unbranched alkanes of at least 4 members (excludes halogenated alkanes) is 31. The van der Waals surface area contributed by atoms with Crippen LogP contribution in [0.2, 0.25) is 0 Å². The average Bonchev–Trinajstić information content (AvgIpc) is 0.765. The number of allylic oxidation sites excluding steroid dienone is 1. The molecule has 7 rings (SSSR count). The minimum atomic E-state index is -2.31. The molecule has 0 spiro atoms. The number of rotatable bonds is 62. The molecule has 770 valence electrons. The Morgan fingerprint density at radius 1 is 0.295 bits per heavy atom. The highest BCUT2D eigenvalue weighted by Gasteiger charge is 2.60. The summed E-state index contributed by atoms with van der Waals surface area (Å²) >= 11 is 0. The van der Waals surface area contributed by atoms with E-state index in [4.69, 9.17) is 66.3 Å². The Labute approximate surface area is 774 Å². The quantitative estimate of drug-likeness (QED) is 0.0229. The van der Waals surface area contributed by atoms with Crippen LogP contribution in [-0.2, 0) is 85.5 Å².